The van der Waals surface area contributed by atoms with Gasteiger partial charge < -0.3 is 18.6 Å². The maximum absolute atomic E-state index is 13.2. The van der Waals surface area contributed by atoms with Crippen molar-refractivity contribution in [3.05, 3.63) is 24.2 Å². The first-order valence-corrected chi connectivity index (χ1v) is 9.94. The molecular formula is C21H24O7. The Morgan fingerprint density at radius 2 is 2.07 bits per heavy atom. The summed E-state index contributed by atoms with van der Waals surface area (Å²) in [4.78, 5) is 38.9. The van der Waals surface area contributed by atoms with Gasteiger partial charge in [0.2, 0.25) is 0 Å². The lowest BCUT2D eigenvalue weighted by Gasteiger charge is -2.55. The van der Waals surface area contributed by atoms with Crippen molar-refractivity contribution in [1.82, 2.24) is 0 Å². The minimum atomic E-state index is -0.944. The van der Waals surface area contributed by atoms with E-state index in [2.05, 4.69) is 0 Å². The zero-order valence-electron chi connectivity index (χ0n) is 16.0. The smallest absolute Gasteiger partial charge is 0.314 e. The Balaban J connectivity index is 1.60. The Morgan fingerprint density at radius 1 is 1.25 bits per heavy atom. The van der Waals surface area contributed by atoms with E-state index >= 15 is 0 Å². The largest absolute Gasteiger partial charge is 0.472 e. The number of furan rings is 1. The highest BCUT2D eigenvalue weighted by Crippen LogP contribution is 2.67. The average molecular weight is 388 g/mol. The lowest BCUT2D eigenvalue weighted by molar-refractivity contribution is -0.196. The van der Waals surface area contributed by atoms with Gasteiger partial charge in [-0.3, -0.25) is 14.4 Å². The summed E-state index contributed by atoms with van der Waals surface area (Å²) in [5.74, 6) is -1.69. The fraction of sp³-hybridized carbons (Fsp3) is 0.667. The summed E-state index contributed by atoms with van der Waals surface area (Å²) in [5, 5.41) is 0. The van der Waals surface area contributed by atoms with Gasteiger partial charge in [0.25, 0.3) is 0 Å². The first-order chi connectivity index (χ1) is 13.4. The number of carbonyl (C=O) groups is 3. The fourth-order valence-corrected chi connectivity index (χ4v) is 6.57. The quantitative estimate of drug-likeness (QED) is 0.568. The van der Waals surface area contributed by atoms with Crippen molar-refractivity contribution in [3.63, 3.8) is 0 Å². The number of rotatable bonds is 2. The highest BCUT2D eigenvalue weighted by molar-refractivity contribution is 5.91. The van der Waals surface area contributed by atoms with Crippen LogP contribution in [0.5, 0.6) is 0 Å². The van der Waals surface area contributed by atoms with E-state index < -0.39 is 29.0 Å². The van der Waals surface area contributed by atoms with Crippen LogP contribution in [0.15, 0.2) is 23.0 Å². The predicted molar refractivity (Wildman–Crippen MR) is 93.5 cm³/mol. The van der Waals surface area contributed by atoms with Crippen LogP contribution < -0.4 is 0 Å². The molecule has 0 unspecified atom stereocenters. The summed E-state index contributed by atoms with van der Waals surface area (Å²) in [7, 11) is 1.41. The molecule has 7 nitrogen and oxygen atoms in total. The summed E-state index contributed by atoms with van der Waals surface area (Å²) in [6, 6.07) is 1.76. The van der Waals surface area contributed by atoms with Gasteiger partial charge >= 0.3 is 17.9 Å². The number of methoxy groups -OCH3 is 1. The SMILES string of the molecule is COC(=O)[C@]1(C)CCC[C@@H]2[C@H]1C[C@@H]1OC(=O)[C@]23C[C@@H](c2ccoc2)OC(=O)[C@H]13. The van der Waals surface area contributed by atoms with Gasteiger partial charge in [-0.2, -0.15) is 0 Å². The molecule has 2 aliphatic heterocycles. The summed E-state index contributed by atoms with van der Waals surface area (Å²) in [6.07, 6.45) is 5.20. The van der Waals surface area contributed by atoms with Crippen LogP contribution in [0.25, 0.3) is 0 Å². The zero-order valence-corrected chi connectivity index (χ0v) is 16.0. The van der Waals surface area contributed by atoms with E-state index in [1.807, 2.05) is 6.92 Å². The second kappa shape index (κ2) is 5.84. The molecule has 0 aromatic carbocycles. The van der Waals surface area contributed by atoms with Crippen LogP contribution in [0.2, 0.25) is 0 Å². The van der Waals surface area contributed by atoms with Crippen LogP contribution in [0.1, 0.15) is 50.7 Å². The summed E-state index contributed by atoms with van der Waals surface area (Å²) in [5.41, 5.74) is -0.874. The van der Waals surface area contributed by atoms with Crippen LogP contribution in [0, 0.1) is 28.6 Å². The third-order valence-corrected chi connectivity index (χ3v) is 7.83. The van der Waals surface area contributed by atoms with Gasteiger partial charge in [-0.15, -0.1) is 0 Å². The van der Waals surface area contributed by atoms with Crippen LogP contribution in [-0.4, -0.2) is 31.1 Å². The molecule has 7 atom stereocenters. The van der Waals surface area contributed by atoms with Crippen LogP contribution in [0.4, 0.5) is 0 Å². The molecule has 0 spiro atoms. The third-order valence-electron chi connectivity index (χ3n) is 7.83. The molecule has 2 bridgehead atoms. The normalized spacial score (nSPS) is 44.1. The molecule has 7 heteroatoms. The van der Waals surface area contributed by atoms with E-state index in [9.17, 15) is 14.4 Å². The molecule has 1 aromatic heterocycles. The lowest BCUT2D eigenvalue weighted by atomic mass is 9.46. The van der Waals surface area contributed by atoms with E-state index in [4.69, 9.17) is 18.6 Å². The molecule has 0 radical (unpaired) electrons. The molecule has 150 valence electrons. The molecule has 0 amide bonds. The molecule has 1 aromatic rings. The molecular weight excluding hydrogens is 364 g/mol. The second-order valence-electron chi connectivity index (χ2n) is 8.90. The number of fused-ring (bicyclic) bond motifs is 1. The molecule has 28 heavy (non-hydrogen) atoms. The monoisotopic (exact) mass is 388 g/mol. The van der Waals surface area contributed by atoms with Crippen molar-refractivity contribution < 1.29 is 33.0 Å². The van der Waals surface area contributed by atoms with Crippen molar-refractivity contribution in [1.29, 1.82) is 0 Å². The summed E-state index contributed by atoms with van der Waals surface area (Å²) >= 11 is 0. The third kappa shape index (κ3) is 2.07. The molecule has 2 saturated carbocycles. The molecule has 0 N–H and O–H groups in total. The van der Waals surface area contributed by atoms with E-state index in [0.717, 1.165) is 24.8 Å². The number of hydrogen-bond donors (Lipinski definition) is 0. The van der Waals surface area contributed by atoms with Crippen LogP contribution in [-0.2, 0) is 28.6 Å². The van der Waals surface area contributed by atoms with Gasteiger partial charge in [-0.25, -0.2) is 0 Å². The van der Waals surface area contributed by atoms with E-state index in [1.165, 1.54) is 13.4 Å². The van der Waals surface area contributed by atoms with Gasteiger partial charge in [0.1, 0.15) is 18.1 Å². The highest BCUT2D eigenvalue weighted by atomic mass is 16.6. The van der Waals surface area contributed by atoms with Crippen molar-refractivity contribution in [2.75, 3.05) is 7.11 Å². The summed E-state index contributed by atoms with van der Waals surface area (Å²) < 4.78 is 21.7. The van der Waals surface area contributed by atoms with Gasteiger partial charge in [-0.1, -0.05) is 6.42 Å². The maximum Gasteiger partial charge on any atom is 0.314 e. The molecule has 5 rings (SSSR count). The number of esters is 3. The number of ether oxygens (including phenoxy) is 3. The topological polar surface area (TPSA) is 92.0 Å². The van der Waals surface area contributed by atoms with Crippen molar-refractivity contribution in [3.8, 4) is 0 Å². The van der Waals surface area contributed by atoms with Crippen molar-refractivity contribution >= 4 is 17.9 Å². The van der Waals surface area contributed by atoms with Crippen molar-refractivity contribution in [2.24, 2.45) is 28.6 Å². The Morgan fingerprint density at radius 3 is 2.79 bits per heavy atom. The number of cyclic esters (lactones) is 1. The summed E-state index contributed by atoms with van der Waals surface area (Å²) in [6.45, 7) is 1.94. The second-order valence-corrected chi connectivity index (χ2v) is 8.90. The Bertz CT molecular complexity index is 830. The van der Waals surface area contributed by atoms with E-state index in [-0.39, 0.29) is 29.7 Å². The van der Waals surface area contributed by atoms with Crippen LogP contribution in [0.3, 0.4) is 0 Å². The Labute approximate surface area is 162 Å². The van der Waals surface area contributed by atoms with Crippen molar-refractivity contribution in [2.45, 2.75) is 51.2 Å². The molecule has 4 aliphatic rings. The Kier molecular flexibility index (Phi) is 3.71. The van der Waals surface area contributed by atoms with Gasteiger partial charge in [0, 0.05) is 12.0 Å². The zero-order chi connectivity index (χ0) is 19.7. The molecule has 2 saturated heterocycles. The molecule has 4 fully saturated rings. The number of carbonyl (C=O) groups excluding carboxylic acids is 3. The molecule has 2 aliphatic carbocycles. The average Bonchev–Trinajstić information content (AvgIpc) is 3.28. The minimum absolute atomic E-state index is 0.0581. The number of hydrogen-bond acceptors (Lipinski definition) is 7. The lowest BCUT2D eigenvalue weighted by Crippen LogP contribution is -2.60. The van der Waals surface area contributed by atoms with E-state index in [1.54, 1.807) is 12.3 Å². The Hall–Kier alpha value is -2.31. The van der Waals surface area contributed by atoms with Gasteiger partial charge in [-0.05, 0) is 44.1 Å². The first kappa shape index (κ1) is 17.8. The maximum atomic E-state index is 13.2. The van der Waals surface area contributed by atoms with Gasteiger partial charge in [0.05, 0.1) is 30.5 Å². The standard InChI is InChI=1S/C21H24O7/c1-20(18(23)25-2)6-3-4-12-13(20)8-14-16-17(22)27-15(11-5-7-26-10-11)9-21(12,16)19(24)28-14/h5,7,10,12-16H,3-4,6,8-9H2,1-2H3/t12-,13-,14+,15+,16+,20-,21-/m1/s1. The minimum Gasteiger partial charge on any atom is -0.472 e. The fourth-order valence-electron chi connectivity index (χ4n) is 6.57. The van der Waals surface area contributed by atoms with E-state index in [0.29, 0.717) is 12.8 Å². The van der Waals surface area contributed by atoms with Crippen LogP contribution >= 0.6 is 0 Å². The predicted octanol–water partition coefficient (Wildman–Crippen LogP) is 2.79. The van der Waals surface area contributed by atoms with Gasteiger partial charge in [0.15, 0.2) is 0 Å². The molecule has 3 heterocycles. The highest BCUT2D eigenvalue weighted by Gasteiger charge is 2.74. The first-order valence-electron chi connectivity index (χ1n) is 9.94.